The number of carbonyl (C=O) groups excluding carboxylic acids is 2. The van der Waals surface area contributed by atoms with E-state index in [4.69, 9.17) is 9.47 Å². The molecular weight excluding hydrogens is 264 g/mol. The summed E-state index contributed by atoms with van der Waals surface area (Å²) in [6.45, 7) is 4.32. The van der Waals surface area contributed by atoms with E-state index >= 15 is 0 Å². The molecule has 0 aromatic carbocycles. The lowest BCUT2D eigenvalue weighted by molar-refractivity contribution is -0.149. The number of nitrogens with zero attached hydrogens (tertiary/aromatic N) is 2. The highest BCUT2D eigenvalue weighted by Gasteiger charge is 2.42. The van der Waals surface area contributed by atoms with Crippen molar-refractivity contribution in [3.63, 3.8) is 0 Å². The number of methoxy groups -OCH3 is 1. The molecular formula is C13H22N2O5. The fourth-order valence-corrected chi connectivity index (χ4v) is 2.82. The molecule has 20 heavy (non-hydrogen) atoms. The molecule has 3 atom stereocenters. The molecule has 0 aromatic rings. The van der Waals surface area contributed by atoms with E-state index in [9.17, 15) is 14.7 Å². The molecule has 1 amide bonds. The average Bonchev–Trinajstić information content (AvgIpc) is 2.87. The molecule has 0 radical (unpaired) electrons. The van der Waals surface area contributed by atoms with Crippen LogP contribution < -0.4 is 0 Å². The molecule has 0 spiro atoms. The normalized spacial score (nSPS) is 29.2. The number of aliphatic hydroxyl groups is 1. The number of rotatable bonds is 3. The summed E-state index contributed by atoms with van der Waals surface area (Å²) < 4.78 is 9.98. The van der Waals surface area contributed by atoms with E-state index in [1.165, 1.54) is 7.11 Å². The van der Waals surface area contributed by atoms with Crippen LogP contribution in [0.5, 0.6) is 0 Å². The van der Waals surface area contributed by atoms with Gasteiger partial charge in [0.2, 0.25) is 5.91 Å². The number of amides is 1. The summed E-state index contributed by atoms with van der Waals surface area (Å²) in [6, 6.07) is -0.996. The Labute approximate surface area is 118 Å². The second kappa shape index (κ2) is 6.51. The number of β-amino-alcohol motifs (C(OH)–C–C–N with tert-alkyl or cyclic N) is 1. The summed E-state index contributed by atoms with van der Waals surface area (Å²) in [5.74, 6) is -0.431. The maximum atomic E-state index is 12.4. The number of morpholine rings is 1. The maximum absolute atomic E-state index is 12.4. The summed E-state index contributed by atoms with van der Waals surface area (Å²) in [4.78, 5) is 27.7. The van der Waals surface area contributed by atoms with Gasteiger partial charge in [-0.3, -0.25) is 14.5 Å². The van der Waals surface area contributed by atoms with Gasteiger partial charge in [-0.15, -0.1) is 0 Å². The third-order valence-electron chi connectivity index (χ3n) is 3.97. The molecule has 114 valence electrons. The number of likely N-dealkylation sites (tertiary alicyclic amines) is 1. The van der Waals surface area contributed by atoms with Gasteiger partial charge in [-0.1, -0.05) is 0 Å². The molecule has 3 unspecified atom stereocenters. The standard InChI is InChI=1S/C13H22N2O5/c1-9(12(17)14-3-5-20-6-4-14)15-8-10(16)7-11(15)13(18)19-2/h9-11,16H,3-8H2,1-2H3. The molecule has 0 aromatic heterocycles. The van der Waals surface area contributed by atoms with Gasteiger partial charge in [0.25, 0.3) is 0 Å². The Hall–Kier alpha value is -1.18. The molecule has 2 fully saturated rings. The molecule has 7 nitrogen and oxygen atoms in total. The zero-order chi connectivity index (χ0) is 14.7. The van der Waals surface area contributed by atoms with Gasteiger partial charge >= 0.3 is 5.97 Å². The van der Waals surface area contributed by atoms with Crippen LogP contribution in [0.1, 0.15) is 13.3 Å². The van der Waals surface area contributed by atoms with Crippen molar-refractivity contribution >= 4 is 11.9 Å². The molecule has 0 saturated carbocycles. The zero-order valence-corrected chi connectivity index (χ0v) is 11.9. The molecule has 0 aliphatic carbocycles. The summed E-state index contributed by atoms with van der Waals surface area (Å²) in [5, 5.41) is 9.76. The van der Waals surface area contributed by atoms with Crippen molar-refractivity contribution in [2.45, 2.75) is 31.5 Å². The minimum absolute atomic E-state index is 0.0312. The van der Waals surface area contributed by atoms with Gasteiger partial charge in [-0.05, 0) is 6.92 Å². The topological polar surface area (TPSA) is 79.3 Å². The third-order valence-corrected chi connectivity index (χ3v) is 3.97. The van der Waals surface area contributed by atoms with Crippen LogP contribution in [0.3, 0.4) is 0 Å². The molecule has 1 N–H and O–H groups in total. The van der Waals surface area contributed by atoms with Gasteiger partial charge < -0.3 is 19.5 Å². The van der Waals surface area contributed by atoms with E-state index in [-0.39, 0.29) is 5.91 Å². The molecule has 2 aliphatic heterocycles. The lowest BCUT2D eigenvalue weighted by atomic mass is 10.1. The molecule has 2 rings (SSSR count). The molecule has 2 saturated heterocycles. The number of carbonyl (C=O) groups is 2. The van der Waals surface area contributed by atoms with E-state index in [2.05, 4.69) is 0 Å². The van der Waals surface area contributed by atoms with Gasteiger partial charge in [0, 0.05) is 26.1 Å². The van der Waals surface area contributed by atoms with E-state index in [1.807, 2.05) is 0 Å². The second-order valence-electron chi connectivity index (χ2n) is 5.24. The highest BCUT2D eigenvalue weighted by molar-refractivity contribution is 5.83. The van der Waals surface area contributed by atoms with Crippen molar-refractivity contribution in [1.82, 2.24) is 9.80 Å². The quantitative estimate of drug-likeness (QED) is 0.660. The van der Waals surface area contributed by atoms with Crippen LogP contribution >= 0.6 is 0 Å². The summed E-state index contributed by atoms with van der Waals surface area (Å²) in [7, 11) is 1.32. The Bertz CT molecular complexity index is 370. The lowest BCUT2D eigenvalue weighted by Gasteiger charge is -2.34. The number of hydrogen-bond acceptors (Lipinski definition) is 6. The first-order valence-corrected chi connectivity index (χ1v) is 6.92. The fourth-order valence-electron chi connectivity index (χ4n) is 2.82. The van der Waals surface area contributed by atoms with Gasteiger partial charge in [-0.2, -0.15) is 0 Å². The van der Waals surface area contributed by atoms with Gasteiger partial charge in [0.1, 0.15) is 6.04 Å². The Morgan fingerprint density at radius 3 is 2.60 bits per heavy atom. The van der Waals surface area contributed by atoms with Gasteiger partial charge in [-0.25, -0.2) is 0 Å². The largest absolute Gasteiger partial charge is 0.468 e. The fraction of sp³-hybridized carbons (Fsp3) is 0.846. The Morgan fingerprint density at radius 1 is 1.35 bits per heavy atom. The highest BCUT2D eigenvalue weighted by atomic mass is 16.5. The van der Waals surface area contributed by atoms with E-state index < -0.39 is 24.2 Å². The highest BCUT2D eigenvalue weighted by Crippen LogP contribution is 2.23. The summed E-state index contributed by atoms with van der Waals surface area (Å²) in [5.41, 5.74) is 0. The Kier molecular flexibility index (Phi) is 4.95. The minimum Gasteiger partial charge on any atom is -0.468 e. The summed E-state index contributed by atoms with van der Waals surface area (Å²) >= 11 is 0. The van der Waals surface area contributed by atoms with Crippen molar-refractivity contribution < 1.29 is 24.2 Å². The third kappa shape index (κ3) is 3.11. The first-order chi connectivity index (χ1) is 9.54. The first kappa shape index (κ1) is 15.2. The number of aliphatic hydroxyl groups excluding tert-OH is 1. The molecule has 2 heterocycles. The average molecular weight is 286 g/mol. The van der Waals surface area contributed by atoms with Gasteiger partial charge in [0.15, 0.2) is 0 Å². The van der Waals surface area contributed by atoms with Crippen molar-refractivity contribution in [2.24, 2.45) is 0 Å². The smallest absolute Gasteiger partial charge is 0.323 e. The minimum atomic E-state index is -0.598. The molecule has 7 heteroatoms. The van der Waals surface area contributed by atoms with Crippen molar-refractivity contribution in [3.8, 4) is 0 Å². The van der Waals surface area contributed by atoms with Crippen LogP contribution in [0.25, 0.3) is 0 Å². The van der Waals surface area contributed by atoms with Crippen LogP contribution in [0.2, 0.25) is 0 Å². The first-order valence-electron chi connectivity index (χ1n) is 6.92. The summed E-state index contributed by atoms with van der Waals surface area (Å²) in [6.07, 6.45) is -0.285. The monoisotopic (exact) mass is 286 g/mol. The number of ether oxygens (including phenoxy) is 2. The van der Waals surface area contributed by atoms with Crippen LogP contribution in [-0.4, -0.2) is 84.9 Å². The van der Waals surface area contributed by atoms with Crippen LogP contribution in [0.4, 0.5) is 0 Å². The SMILES string of the molecule is COC(=O)C1CC(O)CN1C(C)C(=O)N1CCOCC1. The number of esters is 1. The predicted octanol–water partition coefficient (Wildman–Crippen LogP) is -1.16. The van der Waals surface area contributed by atoms with Crippen LogP contribution in [0, 0.1) is 0 Å². The van der Waals surface area contributed by atoms with Crippen LogP contribution in [0.15, 0.2) is 0 Å². The van der Waals surface area contributed by atoms with Crippen LogP contribution in [-0.2, 0) is 19.1 Å². The number of hydrogen-bond donors (Lipinski definition) is 1. The van der Waals surface area contributed by atoms with Crippen molar-refractivity contribution in [1.29, 1.82) is 0 Å². The Morgan fingerprint density at radius 2 is 2.00 bits per heavy atom. The molecule has 2 aliphatic rings. The van der Waals surface area contributed by atoms with Gasteiger partial charge in [0.05, 0.1) is 32.5 Å². The maximum Gasteiger partial charge on any atom is 0.323 e. The van der Waals surface area contributed by atoms with E-state index in [0.717, 1.165) is 0 Å². The Balaban J connectivity index is 2.03. The van der Waals surface area contributed by atoms with Crippen molar-refractivity contribution in [3.05, 3.63) is 0 Å². The predicted molar refractivity (Wildman–Crippen MR) is 70.0 cm³/mol. The lowest BCUT2D eigenvalue weighted by Crippen LogP contribution is -2.53. The van der Waals surface area contributed by atoms with E-state index in [1.54, 1.807) is 16.7 Å². The second-order valence-corrected chi connectivity index (χ2v) is 5.24. The van der Waals surface area contributed by atoms with Crippen molar-refractivity contribution in [2.75, 3.05) is 40.0 Å². The molecule has 0 bridgehead atoms. The zero-order valence-electron chi connectivity index (χ0n) is 11.9. The van der Waals surface area contributed by atoms with E-state index in [0.29, 0.717) is 39.3 Å².